The third kappa shape index (κ3) is 2.22. The second kappa shape index (κ2) is 4.24. The lowest BCUT2D eigenvalue weighted by Gasteiger charge is -2.09. The molecule has 0 saturated heterocycles. The number of para-hydroxylation sites is 2. The van der Waals surface area contributed by atoms with Crippen molar-refractivity contribution in [2.45, 2.75) is 0 Å². The first-order valence-electron chi connectivity index (χ1n) is 4.63. The van der Waals surface area contributed by atoms with Crippen molar-refractivity contribution in [2.24, 2.45) is 0 Å². The van der Waals surface area contributed by atoms with Gasteiger partial charge in [-0.2, -0.15) is 0 Å². The molecule has 0 aliphatic carbocycles. The highest BCUT2D eigenvalue weighted by atomic mass is 35.5. The molecule has 0 bridgehead atoms. The third-order valence-electron chi connectivity index (χ3n) is 2.11. The summed E-state index contributed by atoms with van der Waals surface area (Å²) in [5, 5.41) is 3.77. The summed E-state index contributed by atoms with van der Waals surface area (Å²) >= 11 is 5.92. The average Bonchev–Trinajstić information content (AvgIpc) is 2.26. The number of anilines is 3. The van der Waals surface area contributed by atoms with Gasteiger partial charge in [-0.3, -0.25) is 0 Å². The first-order valence-corrected chi connectivity index (χ1v) is 5.01. The Kier molecular flexibility index (Phi) is 2.79. The maximum Gasteiger partial charge on any atom is 0.0742 e. The first-order chi connectivity index (χ1) is 7.27. The van der Waals surface area contributed by atoms with Gasteiger partial charge in [-0.15, -0.1) is 0 Å². The summed E-state index contributed by atoms with van der Waals surface area (Å²) in [5.41, 5.74) is 8.23. The van der Waals surface area contributed by atoms with Crippen molar-refractivity contribution in [2.75, 3.05) is 11.1 Å². The van der Waals surface area contributed by atoms with Gasteiger partial charge in [0.25, 0.3) is 0 Å². The molecule has 15 heavy (non-hydrogen) atoms. The summed E-state index contributed by atoms with van der Waals surface area (Å²) < 4.78 is 0. The molecule has 0 aliphatic heterocycles. The molecule has 2 rings (SSSR count). The largest absolute Gasteiger partial charge is 0.396 e. The highest BCUT2D eigenvalue weighted by molar-refractivity contribution is 6.33. The molecule has 0 saturated carbocycles. The van der Waals surface area contributed by atoms with Gasteiger partial charge in [0.15, 0.2) is 0 Å². The Labute approximate surface area is 93.7 Å². The molecule has 0 aromatic heterocycles. The molecule has 0 amide bonds. The van der Waals surface area contributed by atoms with E-state index in [1.165, 1.54) is 0 Å². The van der Waals surface area contributed by atoms with E-state index in [1.54, 1.807) is 6.07 Å². The quantitative estimate of drug-likeness (QED) is 0.755. The van der Waals surface area contributed by atoms with E-state index in [2.05, 4.69) is 5.32 Å². The summed E-state index contributed by atoms with van der Waals surface area (Å²) in [6.07, 6.45) is 0. The monoisotopic (exact) mass is 218 g/mol. The number of nitrogens with one attached hydrogen (secondary N) is 1. The summed E-state index contributed by atoms with van der Waals surface area (Å²) in [6, 6.07) is 15.4. The molecule has 2 aromatic carbocycles. The van der Waals surface area contributed by atoms with Crippen molar-refractivity contribution in [3.63, 3.8) is 0 Å². The van der Waals surface area contributed by atoms with Gasteiger partial charge in [-0.05, 0) is 24.3 Å². The van der Waals surface area contributed by atoms with Gasteiger partial charge in [0.05, 0.1) is 16.4 Å². The van der Waals surface area contributed by atoms with Crippen LogP contribution in [0.4, 0.5) is 17.1 Å². The lowest BCUT2D eigenvalue weighted by Crippen LogP contribution is -1.96. The Morgan fingerprint density at radius 3 is 2.40 bits per heavy atom. The van der Waals surface area contributed by atoms with Crippen molar-refractivity contribution in [3.8, 4) is 0 Å². The van der Waals surface area contributed by atoms with Gasteiger partial charge in [0.2, 0.25) is 0 Å². The first kappa shape index (κ1) is 9.87. The number of nitrogen functional groups attached to an aromatic ring is 1. The van der Waals surface area contributed by atoms with Crippen molar-refractivity contribution in [1.82, 2.24) is 0 Å². The third-order valence-corrected chi connectivity index (χ3v) is 2.44. The summed E-state index contributed by atoms with van der Waals surface area (Å²) in [6.45, 7) is 0. The molecule has 2 nitrogen and oxygen atoms in total. The van der Waals surface area contributed by atoms with Gasteiger partial charge < -0.3 is 11.1 Å². The predicted molar refractivity (Wildman–Crippen MR) is 65.6 cm³/mol. The summed E-state index contributed by atoms with van der Waals surface area (Å²) in [5.74, 6) is 0. The zero-order chi connectivity index (χ0) is 10.7. The topological polar surface area (TPSA) is 38.0 Å². The summed E-state index contributed by atoms with van der Waals surface area (Å²) in [4.78, 5) is 0. The van der Waals surface area contributed by atoms with E-state index in [-0.39, 0.29) is 0 Å². The molecule has 2 aromatic rings. The molecule has 0 atom stereocenters. The predicted octanol–water partition coefficient (Wildman–Crippen LogP) is 3.67. The zero-order valence-electron chi connectivity index (χ0n) is 8.07. The van der Waals surface area contributed by atoms with Crippen LogP contribution in [0.2, 0.25) is 5.02 Å². The van der Waals surface area contributed by atoms with E-state index in [0.29, 0.717) is 10.7 Å². The molecule has 0 radical (unpaired) electrons. The summed E-state index contributed by atoms with van der Waals surface area (Å²) in [7, 11) is 0. The minimum Gasteiger partial charge on any atom is -0.396 e. The fourth-order valence-corrected chi connectivity index (χ4v) is 1.50. The Morgan fingerprint density at radius 2 is 1.67 bits per heavy atom. The van der Waals surface area contributed by atoms with Crippen LogP contribution in [0.3, 0.4) is 0 Å². The Hall–Kier alpha value is -1.67. The Morgan fingerprint density at radius 1 is 0.933 bits per heavy atom. The number of rotatable bonds is 2. The second-order valence-electron chi connectivity index (χ2n) is 3.19. The molecule has 0 heterocycles. The zero-order valence-corrected chi connectivity index (χ0v) is 8.83. The fourth-order valence-electron chi connectivity index (χ4n) is 1.32. The van der Waals surface area contributed by atoms with Crippen LogP contribution < -0.4 is 11.1 Å². The number of halogens is 1. The van der Waals surface area contributed by atoms with E-state index in [4.69, 9.17) is 17.3 Å². The molecule has 0 unspecified atom stereocenters. The van der Waals surface area contributed by atoms with Gasteiger partial charge in [-0.1, -0.05) is 35.9 Å². The number of nitrogens with two attached hydrogens (primary N) is 1. The molecule has 3 heteroatoms. The normalized spacial score (nSPS) is 9.93. The molecule has 3 N–H and O–H groups in total. The van der Waals surface area contributed by atoms with Crippen LogP contribution in [0, 0.1) is 0 Å². The van der Waals surface area contributed by atoms with Crippen molar-refractivity contribution in [1.29, 1.82) is 0 Å². The highest BCUT2D eigenvalue weighted by Gasteiger charge is 2.02. The van der Waals surface area contributed by atoms with Crippen molar-refractivity contribution < 1.29 is 0 Å². The van der Waals surface area contributed by atoms with E-state index >= 15 is 0 Å². The van der Waals surface area contributed by atoms with E-state index in [0.717, 1.165) is 11.4 Å². The number of hydrogen-bond acceptors (Lipinski definition) is 2. The Balaban J connectivity index is 2.29. The highest BCUT2D eigenvalue weighted by Crippen LogP contribution is 2.29. The Bertz CT molecular complexity index is 454. The fraction of sp³-hybridized carbons (Fsp3) is 0. The maximum atomic E-state index is 5.92. The van der Waals surface area contributed by atoms with Crippen LogP contribution in [0.1, 0.15) is 0 Å². The smallest absolute Gasteiger partial charge is 0.0742 e. The SMILES string of the molecule is Nc1c(Cl)cccc1Nc1ccccc1. The standard InChI is InChI=1S/C12H11ClN2/c13-10-7-4-8-11(12(10)14)15-9-5-2-1-3-6-9/h1-8,15H,14H2. The maximum absolute atomic E-state index is 5.92. The lowest BCUT2D eigenvalue weighted by molar-refractivity contribution is 1.55. The molecule has 0 spiro atoms. The van der Waals surface area contributed by atoms with Crippen molar-refractivity contribution >= 4 is 28.7 Å². The number of hydrogen-bond donors (Lipinski definition) is 2. The van der Waals surface area contributed by atoms with E-state index < -0.39 is 0 Å². The van der Waals surface area contributed by atoms with Crippen molar-refractivity contribution in [3.05, 3.63) is 53.6 Å². The second-order valence-corrected chi connectivity index (χ2v) is 3.60. The van der Waals surface area contributed by atoms with Gasteiger partial charge in [0.1, 0.15) is 0 Å². The van der Waals surface area contributed by atoms with Gasteiger partial charge in [-0.25, -0.2) is 0 Å². The molecule has 76 valence electrons. The van der Waals surface area contributed by atoms with E-state index in [9.17, 15) is 0 Å². The molecule has 0 fully saturated rings. The molecular weight excluding hydrogens is 208 g/mol. The van der Waals surface area contributed by atoms with Crippen LogP contribution in [-0.2, 0) is 0 Å². The van der Waals surface area contributed by atoms with Crippen LogP contribution in [-0.4, -0.2) is 0 Å². The molecular formula is C12H11ClN2. The van der Waals surface area contributed by atoms with Crippen LogP contribution >= 0.6 is 11.6 Å². The van der Waals surface area contributed by atoms with E-state index in [1.807, 2.05) is 42.5 Å². The lowest BCUT2D eigenvalue weighted by atomic mass is 10.2. The average molecular weight is 219 g/mol. The number of benzene rings is 2. The van der Waals surface area contributed by atoms with Crippen LogP contribution in [0.5, 0.6) is 0 Å². The minimum absolute atomic E-state index is 0.566. The minimum atomic E-state index is 0.566. The van der Waals surface area contributed by atoms with Crippen LogP contribution in [0.15, 0.2) is 48.5 Å². The van der Waals surface area contributed by atoms with Crippen LogP contribution in [0.25, 0.3) is 0 Å². The van der Waals surface area contributed by atoms with Gasteiger partial charge in [0, 0.05) is 5.69 Å². The molecule has 0 aliphatic rings. The van der Waals surface area contributed by atoms with Gasteiger partial charge >= 0.3 is 0 Å².